The zero-order chi connectivity index (χ0) is 13.3. The fraction of sp³-hybridized carbons (Fsp3) is 0.286. The van der Waals surface area contributed by atoms with Crippen molar-refractivity contribution < 1.29 is 13.2 Å². The normalized spacial score (nSPS) is 13.8. The lowest BCUT2D eigenvalue weighted by molar-refractivity contribution is -0.136. The average Bonchev–Trinajstić information content (AvgIpc) is 2.71. The molecule has 0 aliphatic carbocycles. The Balaban J connectivity index is 2.66. The lowest BCUT2D eigenvalue weighted by atomic mass is 9.94. The number of benzene rings is 1. The van der Waals surface area contributed by atoms with Crippen LogP contribution in [0.2, 0.25) is 0 Å². The molecule has 1 unspecified atom stereocenters. The number of rotatable bonds is 3. The zero-order valence-corrected chi connectivity index (χ0v) is 10.0. The van der Waals surface area contributed by atoms with Gasteiger partial charge in [-0.05, 0) is 30.0 Å². The summed E-state index contributed by atoms with van der Waals surface area (Å²) in [5, 5.41) is 0.277. The van der Waals surface area contributed by atoms with Gasteiger partial charge in [0.2, 0.25) is 0 Å². The quantitative estimate of drug-likeness (QED) is 0.751. The van der Waals surface area contributed by atoms with Crippen LogP contribution in [0.1, 0.15) is 30.4 Å². The smallest absolute Gasteiger partial charge is 0.361 e. The van der Waals surface area contributed by atoms with E-state index in [1.165, 1.54) is 6.07 Å². The van der Waals surface area contributed by atoms with Crippen LogP contribution in [0.4, 0.5) is 13.2 Å². The SMILES string of the molecule is C=CCC(C)c1c[nH]c2cccc(C(F)(F)F)c12. The summed E-state index contributed by atoms with van der Waals surface area (Å²) in [5.74, 6) is 0.0137. The number of halogens is 3. The summed E-state index contributed by atoms with van der Waals surface area (Å²) in [6.07, 6.45) is -0.294. The van der Waals surface area contributed by atoms with Crippen LogP contribution >= 0.6 is 0 Å². The van der Waals surface area contributed by atoms with Crippen LogP contribution < -0.4 is 0 Å². The van der Waals surface area contributed by atoms with Crippen LogP contribution in [0.3, 0.4) is 0 Å². The molecule has 0 spiro atoms. The summed E-state index contributed by atoms with van der Waals surface area (Å²) < 4.78 is 39.0. The van der Waals surface area contributed by atoms with Crippen molar-refractivity contribution in [2.45, 2.75) is 25.4 Å². The highest BCUT2D eigenvalue weighted by Crippen LogP contribution is 2.38. The predicted molar refractivity (Wildman–Crippen MR) is 66.5 cm³/mol. The number of alkyl halides is 3. The van der Waals surface area contributed by atoms with Crippen molar-refractivity contribution in [3.05, 3.63) is 48.2 Å². The molecule has 1 nitrogen and oxygen atoms in total. The van der Waals surface area contributed by atoms with Gasteiger partial charge in [-0.1, -0.05) is 19.1 Å². The molecule has 2 aromatic rings. The van der Waals surface area contributed by atoms with Crippen molar-refractivity contribution in [3.63, 3.8) is 0 Å². The van der Waals surface area contributed by atoms with Gasteiger partial charge in [0.25, 0.3) is 0 Å². The molecule has 1 aromatic heterocycles. The third-order valence-electron chi connectivity index (χ3n) is 3.09. The maximum absolute atomic E-state index is 13.0. The molecule has 0 bridgehead atoms. The second-order valence-electron chi connectivity index (χ2n) is 4.40. The Kier molecular flexibility index (Phi) is 3.20. The first-order valence-electron chi connectivity index (χ1n) is 5.73. The fourth-order valence-electron chi connectivity index (χ4n) is 2.21. The molecular weight excluding hydrogens is 239 g/mol. The van der Waals surface area contributed by atoms with E-state index in [1.54, 1.807) is 18.3 Å². The molecule has 96 valence electrons. The minimum atomic E-state index is -4.33. The minimum Gasteiger partial charge on any atom is -0.361 e. The van der Waals surface area contributed by atoms with E-state index >= 15 is 0 Å². The van der Waals surface area contributed by atoms with Crippen LogP contribution in [-0.2, 0) is 6.18 Å². The number of aromatic nitrogens is 1. The van der Waals surface area contributed by atoms with Crippen molar-refractivity contribution in [3.8, 4) is 0 Å². The Morgan fingerprint density at radius 3 is 2.72 bits per heavy atom. The molecule has 2 rings (SSSR count). The Bertz CT molecular complexity index is 566. The summed E-state index contributed by atoms with van der Waals surface area (Å²) in [6, 6.07) is 4.21. The third kappa shape index (κ3) is 2.15. The van der Waals surface area contributed by atoms with Crippen LogP contribution in [0, 0.1) is 0 Å². The minimum absolute atomic E-state index is 0.0137. The molecule has 0 amide bonds. The molecule has 1 aromatic carbocycles. The van der Waals surface area contributed by atoms with E-state index in [0.717, 1.165) is 6.07 Å². The molecular formula is C14H14F3N. The van der Waals surface area contributed by atoms with Gasteiger partial charge in [0.1, 0.15) is 0 Å². The maximum atomic E-state index is 13.0. The largest absolute Gasteiger partial charge is 0.417 e. The van der Waals surface area contributed by atoms with Gasteiger partial charge in [-0.2, -0.15) is 13.2 Å². The number of hydrogen-bond donors (Lipinski definition) is 1. The summed E-state index contributed by atoms with van der Waals surface area (Å²) in [4.78, 5) is 2.91. The van der Waals surface area contributed by atoms with Gasteiger partial charge in [0.05, 0.1) is 5.56 Å². The Morgan fingerprint density at radius 1 is 1.39 bits per heavy atom. The molecule has 0 saturated heterocycles. The molecule has 4 heteroatoms. The summed E-state index contributed by atoms with van der Waals surface area (Å²) in [6.45, 7) is 5.53. The monoisotopic (exact) mass is 253 g/mol. The third-order valence-corrected chi connectivity index (χ3v) is 3.09. The van der Waals surface area contributed by atoms with Crippen molar-refractivity contribution in [1.29, 1.82) is 0 Å². The van der Waals surface area contributed by atoms with Crippen LogP contribution in [-0.4, -0.2) is 4.98 Å². The first-order chi connectivity index (χ1) is 8.45. The van der Waals surface area contributed by atoms with Gasteiger partial charge in [0, 0.05) is 17.1 Å². The van der Waals surface area contributed by atoms with Crippen LogP contribution in [0.15, 0.2) is 37.1 Å². The van der Waals surface area contributed by atoms with Crippen molar-refractivity contribution in [1.82, 2.24) is 4.98 Å². The van der Waals surface area contributed by atoms with E-state index in [9.17, 15) is 13.2 Å². The molecule has 1 N–H and O–H groups in total. The topological polar surface area (TPSA) is 15.8 Å². The Hall–Kier alpha value is -1.71. The van der Waals surface area contributed by atoms with E-state index in [4.69, 9.17) is 0 Å². The van der Waals surface area contributed by atoms with Crippen molar-refractivity contribution in [2.24, 2.45) is 0 Å². The first kappa shape index (κ1) is 12.7. The second-order valence-corrected chi connectivity index (χ2v) is 4.40. The van der Waals surface area contributed by atoms with Gasteiger partial charge in [0.15, 0.2) is 0 Å². The summed E-state index contributed by atoms with van der Waals surface area (Å²) in [5.41, 5.74) is 0.640. The lowest BCUT2D eigenvalue weighted by Gasteiger charge is -2.12. The molecule has 0 radical (unpaired) electrons. The molecule has 1 heterocycles. The highest BCUT2D eigenvalue weighted by molar-refractivity contribution is 5.87. The van der Waals surface area contributed by atoms with E-state index in [2.05, 4.69) is 11.6 Å². The van der Waals surface area contributed by atoms with Gasteiger partial charge >= 0.3 is 6.18 Å². The number of hydrogen-bond acceptors (Lipinski definition) is 0. The highest BCUT2D eigenvalue weighted by Gasteiger charge is 2.33. The van der Waals surface area contributed by atoms with Gasteiger partial charge in [-0.3, -0.25) is 0 Å². The van der Waals surface area contributed by atoms with Crippen LogP contribution in [0.5, 0.6) is 0 Å². The number of H-pyrrole nitrogens is 1. The molecule has 0 aliphatic heterocycles. The molecule has 0 fully saturated rings. The van der Waals surface area contributed by atoms with E-state index in [-0.39, 0.29) is 11.3 Å². The molecule has 18 heavy (non-hydrogen) atoms. The predicted octanol–water partition coefficient (Wildman–Crippen LogP) is 4.87. The second kappa shape index (κ2) is 4.52. The maximum Gasteiger partial charge on any atom is 0.417 e. The molecule has 1 atom stereocenters. The fourth-order valence-corrected chi connectivity index (χ4v) is 2.21. The van der Waals surface area contributed by atoms with Gasteiger partial charge in [-0.25, -0.2) is 0 Å². The standard InChI is InChI=1S/C14H14F3N/c1-3-5-9(2)10-8-18-12-7-4-6-11(13(10)12)14(15,16)17/h3-4,6-9,18H,1,5H2,2H3. The average molecular weight is 253 g/mol. The van der Waals surface area contributed by atoms with Crippen molar-refractivity contribution in [2.75, 3.05) is 0 Å². The van der Waals surface area contributed by atoms with E-state index in [0.29, 0.717) is 17.5 Å². The van der Waals surface area contributed by atoms with E-state index in [1.807, 2.05) is 6.92 Å². The Morgan fingerprint density at radius 2 is 2.11 bits per heavy atom. The van der Waals surface area contributed by atoms with Gasteiger partial charge in [-0.15, -0.1) is 6.58 Å². The summed E-state index contributed by atoms with van der Waals surface area (Å²) in [7, 11) is 0. The summed E-state index contributed by atoms with van der Waals surface area (Å²) >= 11 is 0. The van der Waals surface area contributed by atoms with Crippen LogP contribution in [0.25, 0.3) is 10.9 Å². The van der Waals surface area contributed by atoms with Gasteiger partial charge < -0.3 is 4.98 Å². The van der Waals surface area contributed by atoms with Crippen molar-refractivity contribution >= 4 is 10.9 Å². The zero-order valence-electron chi connectivity index (χ0n) is 10.0. The first-order valence-corrected chi connectivity index (χ1v) is 5.73. The Labute approximate surface area is 103 Å². The lowest BCUT2D eigenvalue weighted by Crippen LogP contribution is -2.06. The highest BCUT2D eigenvalue weighted by atomic mass is 19.4. The number of fused-ring (bicyclic) bond motifs is 1. The van der Waals surface area contributed by atoms with E-state index < -0.39 is 11.7 Å². The number of nitrogens with one attached hydrogen (secondary N) is 1. The number of aromatic amines is 1. The molecule has 0 saturated carbocycles. The number of allylic oxidation sites excluding steroid dienone is 1. The molecule has 0 aliphatic rings.